The minimum Gasteiger partial charge on any atom is -0.494 e. The third-order valence-corrected chi connectivity index (χ3v) is 3.25. The number of nitrogens with one attached hydrogen (secondary N) is 2. The Kier molecular flexibility index (Phi) is 1.98. The van der Waals surface area contributed by atoms with Crippen LogP contribution < -0.4 is 15.4 Å². The normalized spacial score (nSPS) is 32.2. The van der Waals surface area contributed by atoms with E-state index in [1.807, 2.05) is 0 Å². The minimum absolute atomic E-state index is 0.569. The summed E-state index contributed by atoms with van der Waals surface area (Å²) in [7, 11) is 1.61. The van der Waals surface area contributed by atoms with Gasteiger partial charge in [0.1, 0.15) is 0 Å². The van der Waals surface area contributed by atoms with Crippen LogP contribution in [0.3, 0.4) is 0 Å². The monoisotopic (exact) mass is 206 g/mol. The Morgan fingerprint density at radius 3 is 2.60 bits per heavy atom. The van der Waals surface area contributed by atoms with Crippen molar-refractivity contribution in [1.29, 1.82) is 0 Å². The predicted octanol–water partition coefficient (Wildman–Crippen LogP) is 0.115. The Bertz CT molecular complexity index is 343. The van der Waals surface area contributed by atoms with Crippen LogP contribution in [-0.4, -0.2) is 36.2 Å². The number of fused-ring (bicyclic) bond motifs is 1. The van der Waals surface area contributed by atoms with E-state index >= 15 is 0 Å². The standard InChI is InChI=1S/C10H14N4O/c1-15-6-2-12-10(13-3-6)14-9-7-4-11-5-8(7)9/h2-3,7-9,11H,4-5H2,1H3,(H,12,13,14). The number of nitrogens with zero attached hydrogens (tertiary/aromatic N) is 2. The van der Waals surface area contributed by atoms with E-state index in [0.29, 0.717) is 17.7 Å². The number of rotatable bonds is 3. The van der Waals surface area contributed by atoms with Gasteiger partial charge in [0.05, 0.1) is 19.5 Å². The molecule has 1 aromatic heterocycles. The van der Waals surface area contributed by atoms with Crippen LogP contribution >= 0.6 is 0 Å². The molecule has 5 nitrogen and oxygen atoms in total. The van der Waals surface area contributed by atoms with E-state index in [4.69, 9.17) is 4.74 Å². The molecule has 0 bridgehead atoms. The first kappa shape index (κ1) is 8.91. The maximum absolute atomic E-state index is 5.00. The lowest BCUT2D eigenvalue weighted by atomic mass is 10.4. The van der Waals surface area contributed by atoms with Crippen LogP contribution in [0.1, 0.15) is 0 Å². The van der Waals surface area contributed by atoms with Gasteiger partial charge >= 0.3 is 0 Å². The zero-order chi connectivity index (χ0) is 10.3. The second-order valence-corrected chi connectivity index (χ2v) is 4.10. The number of methoxy groups -OCH3 is 1. The molecule has 0 radical (unpaired) electrons. The molecular formula is C10H14N4O. The lowest BCUT2D eigenvalue weighted by molar-refractivity contribution is 0.411. The Hall–Kier alpha value is -1.36. The molecule has 2 aliphatic rings. The van der Waals surface area contributed by atoms with Crippen molar-refractivity contribution in [3.63, 3.8) is 0 Å². The molecule has 2 N–H and O–H groups in total. The maximum Gasteiger partial charge on any atom is 0.223 e. The molecule has 80 valence electrons. The van der Waals surface area contributed by atoms with Gasteiger partial charge in [0, 0.05) is 19.1 Å². The molecule has 1 aliphatic carbocycles. The molecule has 2 atom stereocenters. The maximum atomic E-state index is 5.00. The van der Waals surface area contributed by atoms with Crippen molar-refractivity contribution < 1.29 is 4.74 Å². The Morgan fingerprint density at radius 1 is 1.33 bits per heavy atom. The van der Waals surface area contributed by atoms with Crippen molar-refractivity contribution in [2.45, 2.75) is 6.04 Å². The van der Waals surface area contributed by atoms with Crippen LogP contribution in [0.15, 0.2) is 12.4 Å². The van der Waals surface area contributed by atoms with Crippen LogP contribution in [0, 0.1) is 11.8 Å². The fourth-order valence-corrected chi connectivity index (χ4v) is 2.28. The van der Waals surface area contributed by atoms with E-state index in [2.05, 4.69) is 20.6 Å². The molecule has 2 fully saturated rings. The van der Waals surface area contributed by atoms with Gasteiger partial charge in [-0.15, -0.1) is 0 Å². The first-order valence-electron chi connectivity index (χ1n) is 5.22. The summed E-state index contributed by atoms with van der Waals surface area (Å²) in [4.78, 5) is 8.38. The van der Waals surface area contributed by atoms with Gasteiger partial charge in [-0.1, -0.05) is 0 Å². The van der Waals surface area contributed by atoms with E-state index in [9.17, 15) is 0 Å². The lowest BCUT2D eigenvalue weighted by Crippen LogP contribution is -2.22. The minimum atomic E-state index is 0.569. The fraction of sp³-hybridized carbons (Fsp3) is 0.600. The third kappa shape index (κ3) is 1.52. The zero-order valence-corrected chi connectivity index (χ0v) is 8.60. The molecule has 15 heavy (non-hydrogen) atoms. The highest BCUT2D eigenvalue weighted by Crippen LogP contribution is 2.43. The summed E-state index contributed by atoms with van der Waals surface area (Å²) in [6.45, 7) is 2.25. The summed E-state index contributed by atoms with van der Waals surface area (Å²) in [5.74, 6) is 2.94. The zero-order valence-electron chi connectivity index (χ0n) is 8.60. The summed E-state index contributed by atoms with van der Waals surface area (Å²) in [5.41, 5.74) is 0. The molecule has 3 rings (SSSR count). The summed E-state index contributed by atoms with van der Waals surface area (Å²) < 4.78 is 5.00. The van der Waals surface area contributed by atoms with E-state index < -0.39 is 0 Å². The van der Waals surface area contributed by atoms with Gasteiger partial charge in [-0.3, -0.25) is 0 Å². The van der Waals surface area contributed by atoms with Crippen molar-refractivity contribution in [3.05, 3.63) is 12.4 Å². The number of aromatic nitrogens is 2. The average Bonchev–Trinajstić information content (AvgIpc) is 2.75. The third-order valence-electron chi connectivity index (χ3n) is 3.25. The highest BCUT2D eigenvalue weighted by atomic mass is 16.5. The molecular weight excluding hydrogens is 192 g/mol. The van der Waals surface area contributed by atoms with Crippen LogP contribution in [0.25, 0.3) is 0 Å². The smallest absolute Gasteiger partial charge is 0.223 e. The topological polar surface area (TPSA) is 59.1 Å². The van der Waals surface area contributed by atoms with Gasteiger partial charge in [-0.25, -0.2) is 9.97 Å². The van der Waals surface area contributed by atoms with Crippen LogP contribution in [0.2, 0.25) is 0 Å². The molecule has 2 heterocycles. The second-order valence-electron chi connectivity index (χ2n) is 4.10. The largest absolute Gasteiger partial charge is 0.494 e. The van der Waals surface area contributed by atoms with Crippen molar-refractivity contribution in [1.82, 2.24) is 15.3 Å². The average molecular weight is 206 g/mol. The van der Waals surface area contributed by atoms with Crippen molar-refractivity contribution >= 4 is 5.95 Å². The van der Waals surface area contributed by atoms with Gasteiger partial charge in [0.25, 0.3) is 0 Å². The molecule has 1 saturated carbocycles. The Morgan fingerprint density at radius 2 is 2.00 bits per heavy atom. The molecule has 0 spiro atoms. The molecule has 1 aromatic rings. The van der Waals surface area contributed by atoms with Crippen LogP contribution in [-0.2, 0) is 0 Å². The first-order valence-corrected chi connectivity index (χ1v) is 5.22. The van der Waals surface area contributed by atoms with Gasteiger partial charge < -0.3 is 15.4 Å². The van der Waals surface area contributed by atoms with Crippen LogP contribution in [0.5, 0.6) is 5.75 Å². The summed E-state index contributed by atoms with van der Waals surface area (Å²) >= 11 is 0. The summed E-state index contributed by atoms with van der Waals surface area (Å²) in [6.07, 6.45) is 3.37. The van der Waals surface area contributed by atoms with Gasteiger partial charge in [-0.2, -0.15) is 0 Å². The number of ether oxygens (including phenoxy) is 1. The molecule has 1 aliphatic heterocycles. The van der Waals surface area contributed by atoms with E-state index in [1.54, 1.807) is 19.5 Å². The molecule has 0 aromatic carbocycles. The van der Waals surface area contributed by atoms with E-state index in [0.717, 1.165) is 24.9 Å². The molecule has 5 heteroatoms. The number of anilines is 1. The first-order chi connectivity index (χ1) is 7.38. The van der Waals surface area contributed by atoms with Crippen molar-refractivity contribution in [3.8, 4) is 5.75 Å². The quantitative estimate of drug-likeness (QED) is 0.735. The number of piperidine rings is 1. The van der Waals surface area contributed by atoms with Gasteiger partial charge in [0.15, 0.2) is 5.75 Å². The summed E-state index contributed by atoms with van der Waals surface area (Å²) in [6, 6.07) is 0.569. The predicted molar refractivity (Wildman–Crippen MR) is 55.8 cm³/mol. The highest BCUT2D eigenvalue weighted by Gasteiger charge is 2.53. The lowest BCUT2D eigenvalue weighted by Gasteiger charge is -2.07. The van der Waals surface area contributed by atoms with Crippen molar-refractivity contribution in [2.75, 3.05) is 25.5 Å². The summed E-state index contributed by atoms with van der Waals surface area (Å²) in [5, 5.41) is 6.71. The Labute approximate surface area is 88.3 Å². The fourth-order valence-electron chi connectivity index (χ4n) is 2.28. The number of hydrogen-bond donors (Lipinski definition) is 2. The Balaban J connectivity index is 1.63. The van der Waals surface area contributed by atoms with Gasteiger partial charge in [-0.05, 0) is 11.8 Å². The number of hydrogen-bond acceptors (Lipinski definition) is 5. The van der Waals surface area contributed by atoms with Gasteiger partial charge in [0.2, 0.25) is 5.95 Å². The van der Waals surface area contributed by atoms with Crippen LogP contribution in [0.4, 0.5) is 5.95 Å². The molecule has 0 amide bonds. The van der Waals surface area contributed by atoms with E-state index in [1.165, 1.54) is 0 Å². The molecule has 1 saturated heterocycles. The van der Waals surface area contributed by atoms with E-state index in [-0.39, 0.29) is 0 Å². The SMILES string of the molecule is COc1cnc(NC2C3CNCC32)nc1. The molecule has 2 unspecified atom stereocenters. The van der Waals surface area contributed by atoms with Crippen molar-refractivity contribution in [2.24, 2.45) is 11.8 Å². The second kappa shape index (κ2) is 3.34. The highest BCUT2D eigenvalue weighted by molar-refractivity contribution is 5.33.